The molecule has 306 valence electrons. The van der Waals surface area contributed by atoms with Crippen LogP contribution in [0.25, 0.3) is 0 Å². The summed E-state index contributed by atoms with van der Waals surface area (Å²) in [5, 5.41) is 26.8. The molecule has 0 amide bonds. The fraction of sp³-hybridized carbons (Fsp3) is 0.830. The fourth-order valence-corrected chi connectivity index (χ4v) is 12.0. The van der Waals surface area contributed by atoms with Gasteiger partial charge in [-0.05, 0) is 139 Å². The molecule has 2 heterocycles. The fourth-order valence-electron chi connectivity index (χ4n) is 12.0. The van der Waals surface area contributed by atoms with E-state index in [1.165, 1.54) is 25.2 Å². The van der Waals surface area contributed by atoms with Crippen molar-refractivity contribution in [1.82, 2.24) is 5.32 Å². The lowest BCUT2D eigenvalue weighted by Crippen LogP contribution is -2.44. The minimum Gasteiger partial charge on any atom is -0.391 e. The quantitative estimate of drug-likeness (QED) is 0.0969. The summed E-state index contributed by atoms with van der Waals surface area (Å²) in [4.78, 5) is 33.1. The SMILES string of the molecule is CCC[C@@H]([C@@H]1C[C@H](CC2CCNC(N)C2)C[C@@H]2C#C[C@H](C3CCCCC3)C3CC(O)C(OC)CC3CCC(=O)CC(=O)[C@@H]2C1)[C@H](O)CC1=C[C+](C(C)C)C=N1. The lowest BCUT2D eigenvalue weighted by molar-refractivity contribution is -0.131. The molecule has 6 rings (SSSR count). The van der Waals surface area contributed by atoms with Crippen LogP contribution in [-0.2, 0) is 14.3 Å². The van der Waals surface area contributed by atoms with E-state index in [1.54, 1.807) is 7.11 Å². The molecule has 6 unspecified atom stereocenters. The first-order valence-corrected chi connectivity index (χ1v) is 22.6. The summed E-state index contributed by atoms with van der Waals surface area (Å²) >= 11 is 0. The molecule has 6 aliphatic rings. The standard InChI is InChI=1S/C47H74N3O5/c1-5-9-40(43(52)25-37-22-36(28-50-37)29(2)3)35-20-31(18-30-16-17-49-47(48)21-30)19-33-13-15-39(32-10-7-6-8-11-32)41-27-45(54)46(55-4)24-34(41)12-14-38(51)26-44(53)42(33)23-35/h22,28-35,39-43,45-47,49,52,54H,5-12,14,16-21,23-27,48H2,1-4H3/q+1/t30?,31-,33+,34?,35-,39-,40+,41?,42-,43-,45?,46?,47?/m1/s1. The average molecular weight is 761 g/mol. The van der Waals surface area contributed by atoms with Crippen LogP contribution in [0.4, 0.5) is 0 Å². The number of rotatable bonds is 11. The second-order valence-corrected chi connectivity index (χ2v) is 19.2. The lowest BCUT2D eigenvalue weighted by Gasteiger charge is -2.44. The minimum atomic E-state index is -0.556. The zero-order chi connectivity index (χ0) is 39.1. The van der Waals surface area contributed by atoms with Gasteiger partial charge in [0, 0.05) is 37.2 Å². The number of carbonyl (C=O) groups is 2. The highest BCUT2D eigenvalue weighted by Crippen LogP contribution is 2.48. The number of carbonyl (C=O) groups excluding carboxylic acids is 2. The highest BCUT2D eigenvalue weighted by atomic mass is 16.5. The number of nitrogens with zero attached hydrogens (tertiary/aromatic N) is 1. The predicted octanol–water partition coefficient (Wildman–Crippen LogP) is 7.60. The number of nitrogens with one attached hydrogen (secondary N) is 1. The maximum atomic E-state index is 14.6. The molecule has 0 aromatic carbocycles. The first-order valence-electron chi connectivity index (χ1n) is 22.6. The third kappa shape index (κ3) is 11.1. The van der Waals surface area contributed by atoms with Gasteiger partial charge >= 0.3 is 0 Å². The summed E-state index contributed by atoms with van der Waals surface area (Å²) in [6.45, 7) is 7.48. The topological polar surface area (TPSA) is 134 Å². The number of nitrogens with two attached hydrogens (primary N) is 1. The zero-order valence-electron chi connectivity index (χ0n) is 34.6. The molecule has 1 saturated heterocycles. The van der Waals surface area contributed by atoms with E-state index in [4.69, 9.17) is 15.5 Å². The van der Waals surface area contributed by atoms with Crippen LogP contribution >= 0.6 is 0 Å². The molecular weight excluding hydrogens is 687 g/mol. The summed E-state index contributed by atoms with van der Waals surface area (Å²) in [6.07, 6.45) is 19.3. The van der Waals surface area contributed by atoms with Gasteiger partial charge in [-0.3, -0.25) is 9.59 Å². The Labute approximate surface area is 333 Å². The molecule has 8 heteroatoms. The molecule has 0 radical (unpaired) electrons. The van der Waals surface area contributed by atoms with Crippen LogP contribution in [0.5, 0.6) is 0 Å². The number of ether oxygens (including phenoxy) is 1. The van der Waals surface area contributed by atoms with Gasteiger partial charge in [-0.2, -0.15) is 0 Å². The Morgan fingerprint density at radius 1 is 1.00 bits per heavy atom. The Bertz CT molecular complexity index is 1390. The van der Waals surface area contributed by atoms with Crippen LogP contribution in [0.1, 0.15) is 143 Å². The number of allylic oxidation sites excluding steroid dienone is 1. The Kier molecular flexibility index (Phi) is 15.6. The maximum absolute atomic E-state index is 14.6. The first kappa shape index (κ1) is 42.6. The smallest absolute Gasteiger partial charge is 0.177 e. The summed E-state index contributed by atoms with van der Waals surface area (Å²) in [6, 6.07) is 0. The highest BCUT2D eigenvalue weighted by molar-refractivity contribution is 6.00. The second kappa shape index (κ2) is 20.1. The second-order valence-electron chi connectivity index (χ2n) is 19.2. The normalized spacial score (nSPS) is 37.8. The molecule has 0 spiro atoms. The van der Waals surface area contributed by atoms with Gasteiger partial charge < -0.3 is 26.0 Å². The number of aliphatic imine (C=N–C) groups is 1. The van der Waals surface area contributed by atoms with E-state index < -0.39 is 12.2 Å². The van der Waals surface area contributed by atoms with E-state index in [-0.39, 0.29) is 71.7 Å². The van der Waals surface area contributed by atoms with Gasteiger partial charge in [0.15, 0.2) is 5.70 Å². The van der Waals surface area contributed by atoms with E-state index in [1.807, 2.05) is 6.21 Å². The summed E-state index contributed by atoms with van der Waals surface area (Å²) < 4.78 is 5.76. The molecular formula is C47H74N3O5+. The number of piperidine rings is 1. The molecule has 5 N–H and O–H groups in total. The van der Waals surface area contributed by atoms with Gasteiger partial charge in [-0.1, -0.05) is 44.4 Å². The largest absolute Gasteiger partial charge is 0.391 e. The van der Waals surface area contributed by atoms with Crippen molar-refractivity contribution in [3.63, 3.8) is 0 Å². The zero-order valence-corrected chi connectivity index (χ0v) is 34.6. The van der Waals surface area contributed by atoms with Crippen molar-refractivity contribution in [2.24, 2.45) is 75.8 Å². The number of methoxy groups -OCH3 is 1. The van der Waals surface area contributed by atoms with Gasteiger partial charge in [0.1, 0.15) is 29.8 Å². The number of hydrogen-bond acceptors (Lipinski definition) is 8. The van der Waals surface area contributed by atoms with Crippen LogP contribution in [-0.4, -0.2) is 66.1 Å². The van der Waals surface area contributed by atoms with E-state index in [2.05, 4.69) is 44.0 Å². The Hall–Kier alpha value is -2.02. The predicted molar refractivity (Wildman–Crippen MR) is 220 cm³/mol. The number of aliphatic hydroxyl groups is 2. The molecule has 0 aromatic heterocycles. The Balaban J connectivity index is 1.36. The van der Waals surface area contributed by atoms with Crippen molar-refractivity contribution in [2.75, 3.05) is 13.7 Å². The summed E-state index contributed by atoms with van der Waals surface area (Å²) in [5.41, 5.74) is 7.38. The Morgan fingerprint density at radius 3 is 2.51 bits per heavy atom. The number of fused-ring (bicyclic) bond motifs is 2. The maximum Gasteiger partial charge on any atom is 0.177 e. The highest BCUT2D eigenvalue weighted by Gasteiger charge is 2.45. The third-order valence-corrected chi connectivity index (χ3v) is 15.0. The molecule has 4 fully saturated rings. The van der Waals surface area contributed by atoms with Crippen molar-refractivity contribution < 1.29 is 24.5 Å². The van der Waals surface area contributed by atoms with Crippen molar-refractivity contribution in [1.29, 1.82) is 0 Å². The van der Waals surface area contributed by atoms with Gasteiger partial charge in [-0.25, -0.2) is 0 Å². The van der Waals surface area contributed by atoms with E-state index >= 15 is 0 Å². The minimum absolute atomic E-state index is 0.0111. The van der Waals surface area contributed by atoms with E-state index in [0.29, 0.717) is 49.4 Å². The molecule has 8 nitrogen and oxygen atoms in total. The number of aliphatic hydroxyl groups excluding tert-OH is 2. The summed E-state index contributed by atoms with van der Waals surface area (Å²) in [5.74, 6) is 11.2. The summed E-state index contributed by atoms with van der Waals surface area (Å²) in [7, 11) is 1.68. The first-order chi connectivity index (χ1) is 26.5. The lowest BCUT2D eigenvalue weighted by atomic mass is 9.63. The number of Topliss-reactive ketones (excluding diaryl/α,β-unsaturated/α-hetero) is 2. The number of hydrogen-bond donors (Lipinski definition) is 4. The van der Waals surface area contributed by atoms with Crippen LogP contribution in [0.15, 0.2) is 16.8 Å². The molecule has 0 bridgehead atoms. The average Bonchev–Trinajstić information content (AvgIpc) is 3.56. The van der Waals surface area contributed by atoms with E-state index in [0.717, 1.165) is 82.9 Å². The van der Waals surface area contributed by atoms with Crippen LogP contribution in [0, 0.1) is 82.9 Å². The third-order valence-electron chi connectivity index (χ3n) is 15.0. The van der Waals surface area contributed by atoms with Gasteiger partial charge in [0.25, 0.3) is 0 Å². The molecule has 4 aliphatic carbocycles. The van der Waals surface area contributed by atoms with Crippen molar-refractivity contribution in [3.8, 4) is 11.8 Å². The van der Waals surface area contributed by atoms with Crippen molar-refractivity contribution >= 4 is 17.8 Å². The van der Waals surface area contributed by atoms with Crippen LogP contribution < -0.4 is 11.1 Å². The van der Waals surface area contributed by atoms with Gasteiger partial charge in [0.2, 0.25) is 0 Å². The van der Waals surface area contributed by atoms with Crippen molar-refractivity contribution in [3.05, 3.63) is 17.7 Å². The Morgan fingerprint density at radius 2 is 1.80 bits per heavy atom. The van der Waals surface area contributed by atoms with Crippen LogP contribution in [0.2, 0.25) is 0 Å². The van der Waals surface area contributed by atoms with Gasteiger partial charge in [-0.15, -0.1) is 4.99 Å². The van der Waals surface area contributed by atoms with Crippen molar-refractivity contribution in [2.45, 2.75) is 167 Å². The molecule has 2 aliphatic heterocycles. The molecule has 55 heavy (non-hydrogen) atoms. The van der Waals surface area contributed by atoms with E-state index in [9.17, 15) is 19.8 Å². The molecule has 13 atom stereocenters. The molecule has 0 aromatic rings. The number of ketones is 2. The van der Waals surface area contributed by atoms with Crippen LogP contribution in [0.3, 0.4) is 0 Å². The molecule has 3 saturated carbocycles. The monoisotopic (exact) mass is 761 g/mol. The van der Waals surface area contributed by atoms with Gasteiger partial charge in [0.05, 0.1) is 37.3 Å².